The lowest BCUT2D eigenvalue weighted by molar-refractivity contribution is -0.124. The molecule has 0 spiro atoms. The average molecular weight is 222 g/mol. The number of nitrogens with one attached hydrogen (secondary N) is 1. The van der Waals surface area contributed by atoms with Gasteiger partial charge in [-0.1, -0.05) is 0 Å². The van der Waals surface area contributed by atoms with Crippen molar-refractivity contribution in [3.05, 3.63) is 18.5 Å². The van der Waals surface area contributed by atoms with Crippen molar-refractivity contribution < 1.29 is 4.79 Å². The van der Waals surface area contributed by atoms with Crippen molar-refractivity contribution in [2.45, 2.75) is 31.8 Å². The van der Waals surface area contributed by atoms with Crippen molar-refractivity contribution in [3.8, 4) is 0 Å². The first kappa shape index (κ1) is 11.1. The van der Waals surface area contributed by atoms with E-state index in [2.05, 4.69) is 10.4 Å². The predicted molar refractivity (Wildman–Crippen MR) is 60.6 cm³/mol. The monoisotopic (exact) mass is 222 g/mol. The number of carbonyl (C=O) groups is 1. The highest BCUT2D eigenvalue weighted by Gasteiger charge is 2.32. The van der Waals surface area contributed by atoms with Gasteiger partial charge in [0.25, 0.3) is 0 Å². The second kappa shape index (κ2) is 4.65. The van der Waals surface area contributed by atoms with E-state index in [0.717, 1.165) is 0 Å². The Kier molecular flexibility index (Phi) is 3.24. The first-order valence-corrected chi connectivity index (χ1v) is 5.72. The summed E-state index contributed by atoms with van der Waals surface area (Å²) in [5.41, 5.74) is 5.64. The van der Waals surface area contributed by atoms with Crippen molar-refractivity contribution >= 4 is 5.91 Å². The van der Waals surface area contributed by atoms with Crippen molar-refractivity contribution in [3.63, 3.8) is 0 Å². The lowest BCUT2D eigenvalue weighted by atomic mass is 10.1. The van der Waals surface area contributed by atoms with E-state index in [1.165, 1.54) is 12.8 Å². The van der Waals surface area contributed by atoms with Crippen molar-refractivity contribution in [1.29, 1.82) is 0 Å². The van der Waals surface area contributed by atoms with Crippen LogP contribution in [0.15, 0.2) is 18.5 Å². The van der Waals surface area contributed by atoms with Crippen molar-refractivity contribution in [2.75, 3.05) is 6.54 Å². The number of rotatable bonds is 5. The summed E-state index contributed by atoms with van der Waals surface area (Å²) in [7, 11) is 0. The second-order valence-electron chi connectivity index (χ2n) is 4.35. The van der Waals surface area contributed by atoms with Crippen LogP contribution in [0.25, 0.3) is 0 Å². The average Bonchev–Trinajstić information content (AvgIpc) is 2.99. The summed E-state index contributed by atoms with van der Waals surface area (Å²) in [6.07, 6.45) is 5.82. The zero-order chi connectivity index (χ0) is 11.5. The Morgan fingerprint density at radius 1 is 1.69 bits per heavy atom. The quantitative estimate of drug-likeness (QED) is 0.752. The van der Waals surface area contributed by atoms with E-state index in [9.17, 15) is 4.79 Å². The number of carbonyl (C=O) groups excluding carboxylic acids is 1. The van der Waals surface area contributed by atoms with E-state index in [-0.39, 0.29) is 18.0 Å². The number of nitrogens with zero attached hydrogens (tertiary/aromatic N) is 2. The zero-order valence-electron chi connectivity index (χ0n) is 9.47. The highest BCUT2D eigenvalue weighted by Crippen LogP contribution is 2.32. The Bertz CT molecular complexity index is 345. The standard InChI is InChI=1S/C11H18N4O/c1-8(15-6-2-5-13-15)11(16)14-10(7-12)9-3-4-9/h2,5-6,8-10H,3-4,7,12H2,1H3,(H,14,16). The summed E-state index contributed by atoms with van der Waals surface area (Å²) in [5.74, 6) is 0.574. The smallest absolute Gasteiger partial charge is 0.244 e. The van der Waals surface area contributed by atoms with Crippen molar-refractivity contribution in [1.82, 2.24) is 15.1 Å². The maximum Gasteiger partial charge on any atom is 0.244 e. The topological polar surface area (TPSA) is 72.9 Å². The summed E-state index contributed by atoms with van der Waals surface area (Å²) >= 11 is 0. The van der Waals surface area contributed by atoms with Gasteiger partial charge in [0, 0.05) is 25.0 Å². The Hall–Kier alpha value is -1.36. The molecular weight excluding hydrogens is 204 g/mol. The van der Waals surface area contributed by atoms with Gasteiger partial charge in [0.05, 0.1) is 0 Å². The van der Waals surface area contributed by atoms with Gasteiger partial charge in [-0.15, -0.1) is 0 Å². The fourth-order valence-corrected chi connectivity index (χ4v) is 1.80. The number of hydrogen-bond donors (Lipinski definition) is 2. The molecule has 0 aromatic carbocycles. The molecule has 5 heteroatoms. The maximum absolute atomic E-state index is 11.9. The molecule has 1 aromatic heterocycles. The number of nitrogens with two attached hydrogens (primary N) is 1. The molecule has 0 radical (unpaired) electrons. The first-order valence-electron chi connectivity index (χ1n) is 5.72. The highest BCUT2D eigenvalue weighted by atomic mass is 16.2. The van der Waals surface area contributed by atoms with Crippen LogP contribution in [0.2, 0.25) is 0 Å². The molecule has 1 saturated carbocycles. The van der Waals surface area contributed by atoms with Crippen LogP contribution in [0.1, 0.15) is 25.8 Å². The molecule has 1 amide bonds. The molecule has 1 heterocycles. The third-order valence-electron chi connectivity index (χ3n) is 3.07. The second-order valence-corrected chi connectivity index (χ2v) is 4.35. The van der Waals surface area contributed by atoms with E-state index in [4.69, 9.17) is 5.73 Å². The van der Waals surface area contributed by atoms with Gasteiger partial charge < -0.3 is 11.1 Å². The molecule has 2 atom stereocenters. The van der Waals surface area contributed by atoms with E-state index < -0.39 is 0 Å². The Morgan fingerprint density at radius 2 is 2.44 bits per heavy atom. The molecule has 2 unspecified atom stereocenters. The summed E-state index contributed by atoms with van der Waals surface area (Å²) in [6, 6.07) is 1.67. The largest absolute Gasteiger partial charge is 0.350 e. The third kappa shape index (κ3) is 2.41. The zero-order valence-corrected chi connectivity index (χ0v) is 9.47. The number of hydrogen-bond acceptors (Lipinski definition) is 3. The molecule has 1 aliphatic carbocycles. The number of aromatic nitrogens is 2. The Labute approximate surface area is 95.0 Å². The summed E-state index contributed by atoms with van der Waals surface area (Å²) < 4.78 is 1.65. The summed E-state index contributed by atoms with van der Waals surface area (Å²) in [5, 5.41) is 7.05. The van der Waals surface area contributed by atoms with E-state index in [0.29, 0.717) is 12.5 Å². The van der Waals surface area contributed by atoms with E-state index >= 15 is 0 Å². The minimum absolute atomic E-state index is 0.00829. The molecule has 0 aliphatic heterocycles. The van der Waals surface area contributed by atoms with Crippen LogP contribution in [-0.2, 0) is 4.79 Å². The Morgan fingerprint density at radius 3 is 2.94 bits per heavy atom. The van der Waals surface area contributed by atoms with Gasteiger partial charge in [-0.05, 0) is 31.7 Å². The first-order chi connectivity index (χ1) is 7.72. The van der Waals surface area contributed by atoms with E-state index in [1.54, 1.807) is 17.1 Å². The van der Waals surface area contributed by atoms with Gasteiger partial charge in [0.2, 0.25) is 5.91 Å². The molecule has 1 fully saturated rings. The van der Waals surface area contributed by atoms with Crippen LogP contribution in [0.3, 0.4) is 0 Å². The van der Waals surface area contributed by atoms with Crippen LogP contribution in [0, 0.1) is 5.92 Å². The van der Waals surface area contributed by atoms with E-state index in [1.807, 2.05) is 13.0 Å². The predicted octanol–water partition coefficient (Wildman–Crippen LogP) is 0.298. The van der Waals surface area contributed by atoms with Gasteiger partial charge in [-0.3, -0.25) is 9.48 Å². The molecule has 2 rings (SSSR count). The molecule has 5 nitrogen and oxygen atoms in total. The van der Waals surface area contributed by atoms with Crippen LogP contribution >= 0.6 is 0 Å². The fraction of sp³-hybridized carbons (Fsp3) is 0.636. The normalized spacial score (nSPS) is 19.1. The van der Waals surface area contributed by atoms with Crippen LogP contribution in [0.5, 0.6) is 0 Å². The number of amides is 1. The van der Waals surface area contributed by atoms with Gasteiger partial charge in [0.15, 0.2) is 0 Å². The minimum Gasteiger partial charge on any atom is -0.350 e. The SMILES string of the molecule is CC(C(=O)NC(CN)C1CC1)n1cccn1. The molecule has 0 bridgehead atoms. The summed E-state index contributed by atoms with van der Waals surface area (Å²) in [6.45, 7) is 2.35. The van der Waals surface area contributed by atoms with Crippen LogP contribution < -0.4 is 11.1 Å². The molecule has 1 aromatic rings. The van der Waals surface area contributed by atoms with Gasteiger partial charge in [-0.25, -0.2) is 0 Å². The Balaban J connectivity index is 1.91. The van der Waals surface area contributed by atoms with Crippen LogP contribution in [0.4, 0.5) is 0 Å². The lowest BCUT2D eigenvalue weighted by Crippen LogP contribution is -2.44. The molecule has 0 saturated heterocycles. The third-order valence-corrected chi connectivity index (χ3v) is 3.07. The molecular formula is C11H18N4O. The maximum atomic E-state index is 11.9. The summed E-state index contributed by atoms with van der Waals surface area (Å²) in [4.78, 5) is 11.9. The van der Waals surface area contributed by atoms with Gasteiger partial charge in [-0.2, -0.15) is 5.10 Å². The molecule has 3 N–H and O–H groups in total. The lowest BCUT2D eigenvalue weighted by Gasteiger charge is -2.19. The molecule has 88 valence electrons. The fourth-order valence-electron chi connectivity index (χ4n) is 1.80. The minimum atomic E-state index is -0.275. The molecule has 1 aliphatic rings. The van der Waals surface area contributed by atoms with Gasteiger partial charge >= 0.3 is 0 Å². The molecule has 16 heavy (non-hydrogen) atoms. The van der Waals surface area contributed by atoms with Gasteiger partial charge in [0.1, 0.15) is 6.04 Å². The highest BCUT2D eigenvalue weighted by molar-refractivity contribution is 5.80. The van der Waals surface area contributed by atoms with Crippen molar-refractivity contribution in [2.24, 2.45) is 11.7 Å². The van der Waals surface area contributed by atoms with Crippen LogP contribution in [-0.4, -0.2) is 28.3 Å².